The molecule has 2 N–H and O–H groups in total. The lowest BCUT2D eigenvalue weighted by atomic mass is 9.85. The third kappa shape index (κ3) is 7.61. The summed E-state index contributed by atoms with van der Waals surface area (Å²) in [5.74, 6) is 0.601. The second-order valence-corrected chi connectivity index (χ2v) is 25.1. The van der Waals surface area contributed by atoms with Crippen LogP contribution in [0.4, 0.5) is 11.4 Å². The first-order chi connectivity index (χ1) is 18.2. The molecule has 3 aromatic carbocycles. The van der Waals surface area contributed by atoms with Gasteiger partial charge in [-0.25, -0.2) is 0 Å². The van der Waals surface area contributed by atoms with Gasteiger partial charge in [0.1, 0.15) is 11.5 Å². The average Bonchev–Trinajstić information content (AvgIpc) is 2.80. The zero-order chi connectivity index (χ0) is 30.3. The van der Waals surface area contributed by atoms with Gasteiger partial charge < -0.3 is 10.2 Å². The van der Waals surface area contributed by atoms with Crippen molar-refractivity contribution in [2.24, 2.45) is 9.98 Å². The fourth-order valence-corrected chi connectivity index (χ4v) is 6.76. The molecular formula is C34H48N2O2Si2. The molecule has 3 rings (SSSR count). The van der Waals surface area contributed by atoms with Crippen LogP contribution in [0.2, 0.25) is 39.3 Å². The van der Waals surface area contributed by atoms with Crippen LogP contribution in [0.1, 0.15) is 63.8 Å². The van der Waals surface area contributed by atoms with Crippen LogP contribution in [-0.2, 0) is 10.8 Å². The second kappa shape index (κ2) is 11.1. The van der Waals surface area contributed by atoms with E-state index in [4.69, 9.17) is 0 Å². The van der Waals surface area contributed by atoms with E-state index in [1.165, 1.54) is 10.4 Å². The van der Waals surface area contributed by atoms with E-state index in [1.54, 1.807) is 12.4 Å². The molecular weight excluding hydrogens is 525 g/mol. The van der Waals surface area contributed by atoms with Crippen molar-refractivity contribution in [2.45, 2.75) is 91.7 Å². The van der Waals surface area contributed by atoms with Crippen molar-refractivity contribution in [1.82, 2.24) is 0 Å². The monoisotopic (exact) mass is 572 g/mol. The number of benzene rings is 3. The third-order valence-electron chi connectivity index (χ3n) is 7.18. The molecule has 0 saturated carbocycles. The molecule has 4 nitrogen and oxygen atoms in total. The number of phenolic OH excluding ortho intramolecular Hbond substituents is 2. The molecule has 3 aromatic rings. The number of hydrogen-bond acceptors (Lipinski definition) is 4. The first-order valence-corrected chi connectivity index (χ1v) is 21.1. The Bertz CT molecular complexity index is 1320. The van der Waals surface area contributed by atoms with E-state index in [1.807, 2.05) is 24.3 Å². The minimum Gasteiger partial charge on any atom is -0.507 e. The van der Waals surface area contributed by atoms with Gasteiger partial charge in [0.05, 0.1) is 27.5 Å². The molecule has 0 aliphatic heterocycles. The molecule has 214 valence electrons. The van der Waals surface area contributed by atoms with Crippen molar-refractivity contribution in [3.63, 3.8) is 0 Å². The molecule has 0 radical (unpaired) electrons. The van der Waals surface area contributed by atoms with Crippen molar-refractivity contribution in [1.29, 1.82) is 0 Å². The summed E-state index contributed by atoms with van der Waals surface area (Å²) >= 11 is 0. The molecule has 6 heteroatoms. The zero-order valence-electron chi connectivity index (χ0n) is 26.6. The lowest BCUT2D eigenvalue weighted by molar-refractivity contribution is 0.445. The van der Waals surface area contributed by atoms with E-state index in [0.29, 0.717) is 11.5 Å². The average molecular weight is 573 g/mol. The molecule has 0 amide bonds. The molecule has 0 atom stereocenters. The molecule has 0 heterocycles. The Morgan fingerprint density at radius 1 is 0.550 bits per heavy atom. The molecule has 0 aliphatic carbocycles. The minimum atomic E-state index is -1.59. The van der Waals surface area contributed by atoms with E-state index in [2.05, 4.69) is 115 Å². The minimum absolute atomic E-state index is 0.168. The summed E-state index contributed by atoms with van der Waals surface area (Å²) in [6.45, 7) is 26.7. The van der Waals surface area contributed by atoms with Crippen molar-refractivity contribution in [2.75, 3.05) is 0 Å². The van der Waals surface area contributed by atoms with Crippen molar-refractivity contribution in [3.05, 3.63) is 70.8 Å². The van der Waals surface area contributed by atoms with Crippen LogP contribution in [0.15, 0.2) is 58.5 Å². The van der Waals surface area contributed by atoms with Gasteiger partial charge in [-0.05, 0) is 46.2 Å². The fraction of sp³-hybridized carbons (Fsp3) is 0.412. The Labute approximate surface area is 244 Å². The molecule has 0 aliphatic rings. The van der Waals surface area contributed by atoms with Crippen LogP contribution in [0.5, 0.6) is 11.5 Å². The summed E-state index contributed by atoms with van der Waals surface area (Å²) in [5, 5.41) is 24.7. The highest BCUT2D eigenvalue weighted by Crippen LogP contribution is 2.34. The quantitative estimate of drug-likeness (QED) is 0.231. The largest absolute Gasteiger partial charge is 0.507 e. The first kappa shape index (κ1) is 31.6. The summed E-state index contributed by atoms with van der Waals surface area (Å²) in [7, 11) is -3.18. The lowest BCUT2D eigenvalue weighted by Crippen LogP contribution is -2.38. The first-order valence-electron chi connectivity index (χ1n) is 14.1. The Kier molecular flexibility index (Phi) is 8.78. The Morgan fingerprint density at radius 2 is 0.850 bits per heavy atom. The predicted octanol–water partition coefficient (Wildman–Crippen LogP) is 8.28. The summed E-state index contributed by atoms with van der Waals surface area (Å²) in [5.41, 5.74) is 4.64. The van der Waals surface area contributed by atoms with E-state index < -0.39 is 16.1 Å². The maximum absolute atomic E-state index is 11.1. The van der Waals surface area contributed by atoms with Crippen LogP contribution in [0, 0.1) is 0 Å². The van der Waals surface area contributed by atoms with Gasteiger partial charge in [0.15, 0.2) is 0 Å². The number of nitrogens with zero attached hydrogens (tertiary/aromatic N) is 2. The number of rotatable bonds is 6. The van der Waals surface area contributed by atoms with Gasteiger partial charge >= 0.3 is 0 Å². The highest BCUT2D eigenvalue weighted by Gasteiger charge is 2.26. The molecule has 0 aromatic heterocycles. The smallest absolute Gasteiger partial charge is 0.128 e. The van der Waals surface area contributed by atoms with Gasteiger partial charge in [0.25, 0.3) is 0 Å². The van der Waals surface area contributed by atoms with Gasteiger partial charge in [-0.1, -0.05) is 115 Å². The van der Waals surface area contributed by atoms with Gasteiger partial charge in [-0.15, -0.1) is 0 Å². The molecule has 0 saturated heterocycles. The summed E-state index contributed by atoms with van der Waals surface area (Å²) in [4.78, 5) is 9.36. The van der Waals surface area contributed by atoms with E-state index in [0.717, 1.165) is 33.6 Å². The van der Waals surface area contributed by atoms with Crippen molar-refractivity contribution < 1.29 is 10.2 Å². The van der Waals surface area contributed by atoms with Gasteiger partial charge in [0.2, 0.25) is 0 Å². The van der Waals surface area contributed by atoms with Crippen LogP contribution >= 0.6 is 0 Å². The van der Waals surface area contributed by atoms with E-state index in [-0.39, 0.29) is 10.8 Å². The topological polar surface area (TPSA) is 65.2 Å². The molecule has 0 fully saturated rings. The van der Waals surface area contributed by atoms with Crippen LogP contribution in [0.3, 0.4) is 0 Å². The second-order valence-electron chi connectivity index (χ2n) is 15.0. The standard InChI is InChI=1S/C34H48N2O2Si2/c1-33(2,3)29-19-27(39(7,8)9)17-23(31(29)37)21-35-25-13-15-26(16-14-25)36-22-24-18-28(40(10,11)12)20-30(32(24)38)34(4,5)6/h13-22,37-38H,1-12H3. The Balaban J connectivity index is 1.92. The van der Waals surface area contributed by atoms with E-state index in [9.17, 15) is 10.2 Å². The third-order valence-corrected chi connectivity index (χ3v) is 11.2. The van der Waals surface area contributed by atoms with E-state index >= 15 is 0 Å². The highest BCUT2D eigenvalue weighted by atomic mass is 28.3. The SMILES string of the molecule is CC(C)(C)c1cc([Si](C)(C)C)cc(C=Nc2ccc(N=Cc3cc([Si](C)(C)C)cc(C(C)(C)C)c3O)cc2)c1O. The fourth-order valence-electron chi connectivity index (χ4n) is 4.43. The van der Waals surface area contributed by atoms with Crippen molar-refractivity contribution >= 4 is 50.3 Å². The Morgan fingerprint density at radius 3 is 1.10 bits per heavy atom. The molecule has 0 bridgehead atoms. The molecule has 40 heavy (non-hydrogen) atoms. The molecule has 0 unspecified atom stereocenters. The van der Waals surface area contributed by atoms with Crippen LogP contribution in [0.25, 0.3) is 0 Å². The van der Waals surface area contributed by atoms with Crippen LogP contribution < -0.4 is 10.4 Å². The van der Waals surface area contributed by atoms with Crippen LogP contribution in [-0.4, -0.2) is 38.8 Å². The Hall–Kier alpha value is -2.97. The summed E-state index contributed by atoms with van der Waals surface area (Å²) in [6, 6.07) is 16.2. The van der Waals surface area contributed by atoms with Crippen molar-refractivity contribution in [3.8, 4) is 11.5 Å². The summed E-state index contributed by atoms with van der Waals surface area (Å²) in [6.07, 6.45) is 3.53. The number of aliphatic imine (C=N–C) groups is 2. The normalized spacial score (nSPS) is 13.5. The lowest BCUT2D eigenvalue weighted by Gasteiger charge is -2.26. The number of phenols is 2. The molecule has 0 spiro atoms. The zero-order valence-corrected chi connectivity index (χ0v) is 28.6. The van der Waals surface area contributed by atoms with Gasteiger partial charge in [0, 0.05) is 23.6 Å². The van der Waals surface area contributed by atoms with Gasteiger partial charge in [-0.2, -0.15) is 0 Å². The summed E-state index contributed by atoms with van der Waals surface area (Å²) < 4.78 is 0. The maximum atomic E-state index is 11.1. The maximum Gasteiger partial charge on any atom is 0.128 e. The predicted molar refractivity (Wildman–Crippen MR) is 181 cm³/mol. The number of aromatic hydroxyl groups is 2. The highest BCUT2D eigenvalue weighted by molar-refractivity contribution is 6.89. The van der Waals surface area contributed by atoms with Gasteiger partial charge in [-0.3, -0.25) is 9.98 Å². The number of hydrogen-bond donors (Lipinski definition) is 2.